The molecule has 0 amide bonds. The Morgan fingerprint density at radius 3 is 1.82 bits per heavy atom. The molecule has 12 rings (SSSR count). The van der Waals surface area contributed by atoms with Gasteiger partial charge in [0.05, 0.1) is 41.1 Å². The Hall–Kier alpha value is -6.28. The molecule has 1 saturated heterocycles. The van der Waals surface area contributed by atoms with E-state index in [1.54, 1.807) is 0 Å². The fourth-order valence-corrected chi connectivity index (χ4v) is 10.8. The van der Waals surface area contributed by atoms with Gasteiger partial charge in [-0.05, 0) is 70.3 Å². The minimum absolute atomic E-state index is 0.00554. The zero-order chi connectivity index (χ0) is 37.5. The van der Waals surface area contributed by atoms with Crippen molar-refractivity contribution in [3.8, 4) is 11.4 Å². The number of nitrogens with one attached hydrogen (secondary N) is 3. The Morgan fingerprint density at radius 2 is 1.12 bits per heavy atom. The molecule has 1 fully saturated rings. The number of para-hydroxylation sites is 2. The van der Waals surface area contributed by atoms with Crippen LogP contribution in [-0.4, -0.2) is 10.7 Å². The maximum atomic E-state index is 6.88. The molecule has 2 aromatic heterocycles. The van der Waals surface area contributed by atoms with E-state index >= 15 is 0 Å². The van der Waals surface area contributed by atoms with Gasteiger partial charge >= 0.3 is 0 Å². The first-order valence-electron chi connectivity index (χ1n) is 19.8. The van der Waals surface area contributed by atoms with Gasteiger partial charge in [0, 0.05) is 36.5 Å². The zero-order valence-corrected chi connectivity index (χ0v) is 31.8. The van der Waals surface area contributed by atoms with E-state index in [2.05, 4.69) is 203 Å². The van der Waals surface area contributed by atoms with Gasteiger partial charge in [-0.3, -0.25) is 16.0 Å². The normalized spacial score (nSPS) is 21.5. The van der Waals surface area contributed by atoms with Crippen molar-refractivity contribution in [3.63, 3.8) is 0 Å². The summed E-state index contributed by atoms with van der Waals surface area (Å²) in [6.45, 7) is 0. The third-order valence-corrected chi connectivity index (χ3v) is 13.2. The highest BCUT2D eigenvalue weighted by molar-refractivity contribution is 7.26. The summed E-state index contributed by atoms with van der Waals surface area (Å²) in [6, 6.07) is 59.2. The summed E-state index contributed by atoms with van der Waals surface area (Å²) < 4.78 is 11.9. The monoisotopic (exact) mass is 754 g/mol. The molecule has 5 nitrogen and oxygen atoms in total. The number of ether oxygens (including phenoxy) is 1. The second kappa shape index (κ2) is 13.2. The molecule has 1 aliphatic carbocycles. The molecule has 6 heteroatoms. The van der Waals surface area contributed by atoms with Crippen molar-refractivity contribution in [1.29, 1.82) is 0 Å². The fourth-order valence-electron chi connectivity index (χ4n) is 9.70. The van der Waals surface area contributed by atoms with Gasteiger partial charge < -0.3 is 9.30 Å². The average Bonchev–Trinajstić information content (AvgIpc) is 3.97. The largest absolute Gasteiger partial charge is 0.485 e. The van der Waals surface area contributed by atoms with Gasteiger partial charge in [0.25, 0.3) is 0 Å². The molecule has 57 heavy (non-hydrogen) atoms. The quantitative estimate of drug-likeness (QED) is 0.164. The molecule has 0 saturated carbocycles. The van der Waals surface area contributed by atoms with Gasteiger partial charge in [-0.15, -0.1) is 11.3 Å². The molecule has 274 valence electrons. The molecular weight excluding hydrogens is 717 g/mol. The first kappa shape index (κ1) is 32.9. The Bertz CT molecular complexity index is 2970. The molecule has 0 spiro atoms. The first-order valence-corrected chi connectivity index (χ1v) is 20.6. The lowest BCUT2D eigenvalue weighted by atomic mass is 9.78. The summed E-state index contributed by atoms with van der Waals surface area (Å²) in [5, 5.41) is 16.9. The van der Waals surface area contributed by atoms with Crippen LogP contribution in [0.2, 0.25) is 0 Å². The third kappa shape index (κ3) is 5.19. The summed E-state index contributed by atoms with van der Waals surface area (Å²) >= 11 is 1.88. The molecule has 4 heterocycles. The predicted octanol–water partition coefficient (Wildman–Crippen LogP) is 11.8. The zero-order valence-electron chi connectivity index (χ0n) is 31.0. The van der Waals surface area contributed by atoms with E-state index in [9.17, 15) is 0 Å². The second-order valence-electron chi connectivity index (χ2n) is 15.2. The number of allylic oxidation sites excluding steroid dienone is 2. The van der Waals surface area contributed by atoms with Crippen LogP contribution in [-0.2, 0) is 0 Å². The van der Waals surface area contributed by atoms with Crippen molar-refractivity contribution < 1.29 is 4.74 Å². The van der Waals surface area contributed by atoms with Crippen LogP contribution in [0.4, 0.5) is 0 Å². The van der Waals surface area contributed by atoms with Crippen LogP contribution in [0.15, 0.2) is 182 Å². The molecule has 3 N–H and O–H groups in total. The minimum Gasteiger partial charge on any atom is -0.485 e. The van der Waals surface area contributed by atoms with E-state index < -0.39 is 0 Å². The summed E-state index contributed by atoms with van der Waals surface area (Å²) in [7, 11) is 0. The molecule has 7 aromatic carbocycles. The highest BCUT2D eigenvalue weighted by Gasteiger charge is 2.42. The number of rotatable bonds is 5. The predicted molar refractivity (Wildman–Crippen MR) is 235 cm³/mol. The smallest absolute Gasteiger partial charge is 0.128 e. The molecule has 4 unspecified atom stereocenters. The summed E-state index contributed by atoms with van der Waals surface area (Å²) in [6.07, 6.45) is 6.37. The van der Waals surface area contributed by atoms with Gasteiger partial charge in [0.15, 0.2) is 0 Å². The Balaban J connectivity index is 1.03. The van der Waals surface area contributed by atoms with E-state index in [0.717, 1.165) is 5.75 Å². The van der Waals surface area contributed by atoms with Gasteiger partial charge in [-0.25, -0.2) is 0 Å². The van der Waals surface area contributed by atoms with E-state index in [-0.39, 0.29) is 30.5 Å². The van der Waals surface area contributed by atoms with Crippen LogP contribution in [0, 0.1) is 0 Å². The van der Waals surface area contributed by atoms with Crippen molar-refractivity contribution in [2.24, 2.45) is 0 Å². The minimum atomic E-state index is -0.147. The van der Waals surface area contributed by atoms with Crippen LogP contribution in [0.3, 0.4) is 0 Å². The fraction of sp³-hybridized carbons (Fsp3) is 0.0980. The lowest BCUT2D eigenvalue weighted by Crippen LogP contribution is -2.54. The van der Waals surface area contributed by atoms with Gasteiger partial charge in [-0.2, -0.15) is 0 Å². The van der Waals surface area contributed by atoms with Crippen molar-refractivity contribution in [1.82, 2.24) is 20.5 Å². The molecule has 4 atom stereocenters. The van der Waals surface area contributed by atoms with Crippen molar-refractivity contribution in [3.05, 3.63) is 210 Å². The molecule has 2 aliphatic heterocycles. The van der Waals surface area contributed by atoms with Crippen LogP contribution >= 0.6 is 11.3 Å². The van der Waals surface area contributed by atoms with Gasteiger partial charge in [-0.1, -0.05) is 140 Å². The Morgan fingerprint density at radius 1 is 0.526 bits per heavy atom. The lowest BCUT2D eigenvalue weighted by Gasteiger charge is -2.40. The average molecular weight is 755 g/mol. The molecule has 3 aliphatic rings. The first-order chi connectivity index (χ1) is 28.3. The number of hydrogen-bond donors (Lipinski definition) is 3. The van der Waals surface area contributed by atoms with Crippen LogP contribution in [0.5, 0.6) is 5.75 Å². The van der Waals surface area contributed by atoms with Crippen molar-refractivity contribution in [2.45, 2.75) is 30.5 Å². The maximum absolute atomic E-state index is 6.88. The standard InChI is InChI=1S/C51H38N4OS/c1-3-15-31(16-4-1)49-52-50(32-17-5-2-6-18-32)54-51(53-49)37-23-12-28-42-46(37)45-35(21-11-27-41(45)56-42)36-22-13-29-43-47(36)48-40(26-14-30-44(48)57-43)55-38-24-9-7-19-33(38)34-20-8-10-25-39(34)55/h1-30,41,45,49-54H. The number of thiophene rings is 1. The SMILES string of the molecule is C1=CC2Oc3cccc(C4NC(c5ccccc5)NC(c5ccccc5)N4)c3C2C(c2cccc3sc4cccc(-n5c6ccccc6c6ccccc65)c4c23)=C1. The molecule has 9 aromatic rings. The Kier molecular flexibility index (Phi) is 7.60. The van der Waals surface area contributed by atoms with E-state index in [1.807, 2.05) is 11.3 Å². The van der Waals surface area contributed by atoms with Crippen LogP contribution < -0.4 is 20.7 Å². The van der Waals surface area contributed by atoms with Crippen molar-refractivity contribution in [2.75, 3.05) is 0 Å². The summed E-state index contributed by atoms with van der Waals surface area (Å²) in [4.78, 5) is 0. The van der Waals surface area contributed by atoms with Gasteiger partial charge in [0.1, 0.15) is 11.9 Å². The number of hydrogen-bond acceptors (Lipinski definition) is 5. The Labute approximate surface area is 334 Å². The number of aromatic nitrogens is 1. The lowest BCUT2D eigenvalue weighted by molar-refractivity contribution is 0.202. The third-order valence-electron chi connectivity index (χ3n) is 12.1. The highest BCUT2D eigenvalue weighted by Crippen LogP contribution is 2.53. The summed E-state index contributed by atoms with van der Waals surface area (Å²) in [5.41, 5.74) is 11.0. The number of benzene rings is 7. The highest BCUT2D eigenvalue weighted by atomic mass is 32.1. The van der Waals surface area contributed by atoms with E-state index in [0.29, 0.717) is 0 Å². The van der Waals surface area contributed by atoms with E-state index in [1.165, 1.54) is 81.1 Å². The summed E-state index contributed by atoms with van der Waals surface area (Å²) in [5.74, 6) is 0.953. The number of nitrogens with zero attached hydrogens (tertiary/aromatic N) is 1. The van der Waals surface area contributed by atoms with Gasteiger partial charge in [0.2, 0.25) is 0 Å². The van der Waals surface area contributed by atoms with Crippen LogP contribution in [0.1, 0.15) is 52.2 Å². The molecular formula is C51H38N4OS. The topological polar surface area (TPSA) is 50.2 Å². The van der Waals surface area contributed by atoms with E-state index in [4.69, 9.17) is 4.74 Å². The second-order valence-corrected chi connectivity index (χ2v) is 16.3. The van der Waals surface area contributed by atoms with Crippen molar-refractivity contribution >= 4 is 58.9 Å². The number of fused-ring (bicyclic) bond motifs is 9. The maximum Gasteiger partial charge on any atom is 0.128 e. The molecule has 0 bridgehead atoms. The van der Waals surface area contributed by atoms with Crippen LogP contribution in [0.25, 0.3) is 53.2 Å². The molecule has 0 radical (unpaired) electrons.